The molecule has 0 radical (unpaired) electrons. The number of ether oxygens (including phenoxy) is 1. The van der Waals surface area contributed by atoms with Crippen molar-refractivity contribution in [2.75, 3.05) is 37.6 Å². The minimum Gasteiger partial charge on any atom is -0.458 e. The Morgan fingerprint density at radius 3 is 2.29 bits per heavy atom. The van der Waals surface area contributed by atoms with Crippen LogP contribution in [0, 0.1) is 5.92 Å². The van der Waals surface area contributed by atoms with Gasteiger partial charge in [0.2, 0.25) is 0 Å². The summed E-state index contributed by atoms with van der Waals surface area (Å²) in [6.45, 7) is 9.02. The molecule has 1 aliphatic carbocycles. The van der Waals surface area contributed by atoms with Gasteiger partial charge in [0.25, 0.3) is 0 Å². The number of anilines is 1. The molecule has 4 heteroatoms. The Morgan fingerprint density at radius 2 is 1.65 bits per heavy atom. The van der Waals surface area contributed by atoms with Gasteiger partial charge in [-0.05, 0) is 37.0 Å². The number of carbonyl (C=O) groups is 1. The highest BCUT2D eigenvalue weighted by Gasteiger charge is 2.48. The van der Waals surface area contributed by atoms with E-state index in [1.54, 1.807) is 6.92 Å². The Bertz CT molecular complexity index is 833. The molecular formula is C27H36N2O2. The van der Waals surface area contributed by atoms with E-state index >= 15 is 0 Å². The summed E-state index contributed by atoms with van der Waals surface area (Å²) >= 11 is 0. The topological polar surface area (TPSA) is 32.8 Å². The van der Waals surface area contributed by atoms with E-state index in [-0.39, 0.29) is 17.8 Å². The van der Waals surface area contributed by atoms with E-state index in [1.165, 1.54) is 17.7 Å². The number of rotatable bonds is 6. The maximum Gasteiger partial charge on any atom is 0.303 e. The summed E-state index contributed by atoms with van der Waals surface area (Å²) in [6.07, 6.45) is 4.37. The Balaban J connectivity index is 1.48. The summed E-state index contributed by atoms with van der Waals surface area (Å²) in [6, 6.07) is 21.4. The van der Waals surface area contributed by atoms with Gasteiger partial charge in [-0.15, -0.1) is 0 Å². The molecule has 0 spiro atoms. The molecule has 2 aromatic carbocycles. The van der Waals surface area contributed by atoms with Crippen molar-refractivity contribution >= 4 is 11.7 Å². The average molecular weight is 421 g/mol. The molecule has 0 aromatic heterocycles. The van der Waals surface area contributed by atoms with E-state index in [0.717, 1.165) is 52.0 Å². The maximum atomic E-state index is 12.2. The minimum absolute atomic E-state index is 0.149. The number of benzene rings is 2. The zero-order valence-electron chi connectivity index (χ0n) is 19.0. The van der Waals surface area contributed by atoms with Crippen LogP contribution in [0.5, 0.6) is 0 Å². The van der Waals surface area contributed by atoms with Crippen LogP contribution in [-0.4, -0.2) is 49.2 Å². The van der Waals surface area contributed by atoms with Crippen LogP contribution in [0.4, 0.5) is 5.69 Å². The second-order valence-electron chi connectivity index (χ2n) is 9.28. The third-order valence-corrected chi connectivity index (χ3v) is 7.30. The number of esters is 1. The fourth-order valence-electron chi connectivity index (χ4n) is 5.75. The van der Waals surface area contributed by atoms with E-state index in [4.69, 9.17) is 4.74 Å². The summed E-state index contributed by atoms with van der Waals surface area (Å²) in [4.78, 5) is 17.3. The number of piperazine rings is 1. The first-order valence-corrected chi connectivity index (χ1v) is 11.9. The highest BCUT2D eigenvalue weighted by atomic mass is 16.6. The van der Waals surface area contributed by atoms with Crippen LogP contribution < -0.4 is 4.90 Å². The van der Waals surface area contributed by atoms with Crippen molar-refractivity contribution in [3.63, 3.8) is 0 Å². The first kappa shape index (κ1) is 21.9. The summed E-state index contributed by atoms with van der Waals surface area (Å²) in [7, 11) is 0. The molecule has 31 heavy (non-hydrogen) atoms. The van der Waals surface area contributed by atoms with Crippen LogP contribution in [0.15, 0.2) is 60.7 Å². The Kier molecular flexibility index (Phi) is 6.96. The summed E-state index contributed by atoms with van der Waals surface area (Å²) in [5.74, 6) is 0.403. The van der Waals surface area contributed by atoms with Gasteiger partial charge in [-0.1, -0.05) is 61.9 Å². The Morgan fingerprint density at radius 1 is 1.00 bits per heavy atom. The zero-order valence-corrected chi connectivity index (χ0v) is 19.0. The van der Waals surface area contributed by atoms with Crippen molar-refractivity contribution in [2.24, 2.45) is 5.92 Å². The molecule has 3 unspecified atom stereocenters. The van der Waals surface area contributed by atoms with Crippen molar-refractivity contribution in [1.82, 2.24) is 4.90 Å². The minimum atomic E-state index is -0.415. The lowest BCUT2D eigenvalue weighted by atomic mass is 9.66. The van der Waals surface area contributed by atoms with Gasteiger partial charge >= 0.3 is 5.97 Å². The predicted octanol–water partition coefficient (Wildman–Crippen LogP) is 5.10. The highest BCUT2D eigenvalue weighted by molar-refractivity contribution is 5.67. The number of carbonyl (C=O) groups excluding carboxylic acids is 1. The third kappa shape index (κ3) is 4.95. The van der Waals surface area contributed by atoms with Gasteiger partial charge in [0, 0.05) is 57.2 Å². The van der Waals surface area contributed by atoms with Crippen molar-refractivity contribution in [3.8, 4) is 0 Å². The smallest absolute Gasteiger partial charge is 0.303 e. The SMILES string of the molecule is CC(=O)OC1(C(C)CN2CCN(c3ccccc3)CC2)CCCCC1c1ccccc1. The zero-order chi connectivity index (χ0) is 21.7. The fourth-order valence-corrected chi connectivity index (χ4v) is 5.75. The quantitative estimate of drug-likeness (QED) is 0.609. The maximum absolute atomic E-state index is 12.2. The molecule has 1 saturated heterocycles. The molecule has 0 N–H and O–H groups in total. The van der Waals surface area contributed by atoms with Gasteiger partial charge in [0.05, 0.1) is 0 Å². The van der Waals surface area contributed by atoms with Crippen molar-refractivity contribution in [2.45, 2.75) is 51.0 Å². The lowest BCUT2D eigenvalue weighted by Gasteiger charge is -2.49. The van der Waals surface area contributed by atoms with Crippen LogP contribution >= 0.6 is 0 Å². The predicted molar refractivity (Wildman–Crippen MR) is 126 cm³/mol. The van der Waals surface area contributed by atoms with Gasteiger partial charge in [0.1, 0.15) is 5.60 Å². The summed E-state index contributed by atoms with van der Waals surface area (Å²) < 4.78 is 6.26. The third-order valence-electron chi connectivity index (χ3n) is 7.30. The second kappa shape index (κ2) is 9.86. The Hall–Kier alpha value is -2.33. The lowest BCUT2D eigenvalue weighted by Crippen LogP contribution is -2.54. The number of nitrogens with zero attached hydrogens (tertiary/aromatic N) is 2. The van der Waals surface area contributed by atoms with E-state index in [2.05, 4.69) is 77.4 Å². The number of hydrogen-bond donors (Lipinski definition) is 0. The molecule has 4 nitrogen and oxygen atoms in total. The normalized spacial score (nSPS) is 25.7. The molecular weight excluding hydrogens is 384 g/mol. The van der Waals surface area contributed by atoms with E-state index in [9.17, 15) is 4.79 Å². The molecule has 1 heterocycles. The van der Waals surface area contributed by atoms with Crippen molar-refractivity contribution < 1.29 is 9.53 Å². The Labute approximate surface area is 187 Å². The standard InChI is InChI=1S/C27H36N2O2/c1-22(21-28-17-19-29(20-18-28)25-13-7-4-8-14-25)27(31-23(2)30)16-10-9-15-26(27)24-11-5-3-6-12-24/h3-8,11-14,22,26H,9-10,15-21H2,1-2H3. The molecule has 166 valence electrons. The number of hydrogen-bond acceptors (Lipinski definition) is 4. The van der Waals surface area contributed by atoms with E-state index in [0.29, 0.717) is 0 Å². The second-order valence-corrected chi connectivity index (χ2v) is 9.28. The monoisotopic (exact) mass is 420 g/mol. The molecule has 1 aliphatic heterocycles. The van der Waals surface area contributed by atoms with Gasteiger partial charge in [-0.2, -0.15) is 0 Å². The van der Waals surface area contributed by atoms with E-state index in [1.807, 2.05) is 0 Å². The summed E-state index contributed by atoms with van der Waals surface area (Å²) in [5.41, 5.74) is 2.20. The van der Waals surface area contributed by atoms with Gasteiger partial charge in [-0.25, -0.2) is 0 Å². The molecule has 2 aliphatic rings. The molecule has 2 fully saturated rings. The molecule has 2 aromatic rings. The fraction of sp³-hybridized carbons (Fsp3) is 0.519. The summed E-state index contributed by atoms with van der Waals surface area (Å²) in [5, 5.41) is 0. The first-order chi connectivity index (χ1) is 15.1. The van der Waals surface area contributed by atoms with Gasteiger partial charge in [-0.3, -0.25) is 9.69 Å². The molecule has 4 rings (SSSR count). The first-order valence-electron chi connectivity index (χ1n) is 11.9. The molecule has 0 bridgehead atoms. The van der Waals surface area contributed by atoms with Crippen LogP contribution in [0.3, 0.4) is 0 Å². The lowest BCUT2D eigenvalue weighted by molar-refractivity contribution is -0.172. The van der Waals surface area contributed by atoms with E-state index < -0.39 is 5.60 Å². The molecule has 3 atom stereocenters. The molecule has 0 amide bonds. The largest absolute Gasteiger partial charge is 0.458 e. The molecule has 1 saturated carbocycles. The van der Waals surface area contributed by atoms with Crippen LogP contribution in [0.25, 0.3) is 0 Å². The van der Waals surface area contributed by atoms with Gasteiger partial charge in [0.15, 0.2) is 0 Å². The van der Waals surface area contributed by atoms with Crippen molar-refractivity contribution in [3.05, 3.63) is 66.2 Å². The van der Waals surface area contributed by atoms with Gasteiger partial charge < -0.3 is 9.64 Å². The highest BCUT2D eigenvalue weighted by Crippen LogP contribution is 2.48. The van der Waals surface area contributed by atoms with Crippen LogP contribution in [0.1, 0.15) is 51.0 Å². The number of para-hydroxylation sites is 1. The van der Waals surface area contributed by atoms with Crippen LogP contribution in [-0.2, 0) is 9.53 Å². The average Bonchev–Trinajstić information content (AvgIpc) is 2.80. The van der Waals surface area contributed by atoms with Crippen molar-refractivity contribution in [1.29, 1.82) is 0 Å². The van der Waals surface area contributed by atoms with Crippen LogP contribution in [0.2, 0.25) is 0 Å².